The number of aromatic nitrogens is 3. The molecule has 200 valence electrons. The number of ether oxygens (including phenoxy) is 1. The number of hydrogen-bond donors (Lipinski definition) is 3. The van der Waals surface area contributed by atoms with Crippen molar-refractivity contribution >= 4 is 28.8 Å². The van der Waals surface area contributed by atoms with E-state index in [1.54, 1.807) is 31.4 Å². The highest BCUT2D eigenvalue weighted by molar-refractivity contribution is 6.31. The summed E-state index contributed by atoms with van der Waals surface area (Å²) in [4.78, 5) is 24.3. The number of carbonyl (C=O) groups excluding carboxylic acids is 1. The summed E-state index contributed by atoms with van der Waals surface area (Å²) in [5.74, 6) is -0.904. The van der Waals surface area contributed by atoms with Gasteiger partial charge in [-0.1, -0.05) is 11.6 Å². The fourth-order valence-corrected chi connectivity index (χ4v) is 5.03. The minimum absolute atomic E-state index is 0.0841. The molecule has 3 heterocycles. The molecule has 1 amide bonds. The van der Waals surface area contributed by atoms with Gasteiger partial charge in [0.15, 0.2) is 5.82 Å². The fraction of sp³-hybridized carbons (Fsp3) is 0.500. The molecule has 1 aromatic carbocycles. The highest BCUT2D eigenvalue weighted by atomic mass is 35.5. The third kappa shape index (κ3) is 5.23. The van der Waals surface area contributed by atoms with Crippen LogP contribution in [0.3, 0.4) is 0 Å². The number of nitrogen functional groups attached to an aromatic ring is 1. The third-order valence-corrected chi connectivity index (χ3v) is 7.13. The molecular weight excluding hydrogens is 499 g/mol. The van der Waals surface area contributed by atoms with E-state index >= 15 is 4.39 Å². The summed E-state index contributed by atoms with van der Waals surface area (Å²) < 4.78 is 23.1. The fourth-order valence-electron chi connectivity index (χ4n) is 4.83. The van der Waals surface area contributed by atoms with Gasteiger partial charge in [-0.15, -0.1) is 0 Å². The Bertz CT molecular complexity index is 1320. The first-order valence-electron chi connectivity index (χ1n) is 12.4. The molecule has 2 aromatic heterocycles. The van der Waals surface area contributed by atoms with E-state index in [4.69, 9.17) is 22.1 Å². The van der Waals surface area contributed by atoms with Gasteiger partial charge in [-0.2, -0.15) is 0 Å². The number of nitrogens with two attached hydrogens (primary N) is 1. The van der Waals surface area contributed by atoms with Crippen LogP contribution < -0.4 is 15.8 Å². The molecule has 0 unspecified atom stereocenters. The van der Waals surface area contributed by atoms with Crippen molar-refractivity contribution in [1.82, 2.24) is 24.6 Å². The summed E-state index contributed by atoms with van der Waals surface area (Å²) in [6, 6.07) is 1.28. The summed E-state index contributed by atoms with van der Waals surface area (Å²) in [5.41, 5.74) is 5.07. The monoisotopic (exact) mass is 532 g/mol. The first-order chi connectivity index (χ1) is 17.4. The molecule has 0 saturated carbocycles. The topological polar surface area (TPSA) is 118 Å². The van der Waals surface area contributed by atoms with Gasteiger partial charge in [0.05, 0.1) is 16.8 Å². The van der Waals surface area contributed by atoms with Gasteiger partial charge in [0, 0.05) is 24.5 Å². The number of anilines is 1. The van der Waals surface area contributed by atoms with Crippen LogP contribution in [0.15, 0.2) is 18.5 Å². The van der Waals surface area contributed by atoms with Crippen molar-refractivity contribution in [2.45, 2.75) is 52.2 Å². The summed E-state index contributed by atoms with van der Waals surface area (Å²) in [5, 5.41) is 14.4. The molecule has 0 bridgehead atoms. The van der Waals surface area contributed by atoms with Crippen molar-refractivity contribution in [3.05, 3.63) is 51.9 Å². The van der Waals surface area contributed by atoms with Gasteiger partial charge in [-0.05, 0) is 72.7 Å². The van der Waals surface area contributed by atoms with E-state index < -0.39 is 23.4 Å². The zero-order valence-electron chi connectivity index (χ0n) is 21.8. The Kier molecular flexibility index (Phi) is 7.64. The molecular formula is C26H34ClFN6O3. The van der Waals surface area contributed by atoms with Crippen LogP contribution in [0.2, 0.25) is 5.02 Å². The van der Waals surface area contributed by atoms with Crippen LogP contribution >= 0.6 is 11.6 Å². The summed E-state index contributed by atoms with van der Waals surface area (Å²) in [6.45, 7) is 9.05. The number of hydrogen-bond acceptors (Lipinski definition) is 7. The number of amides is 1. The number of aliphatic hydroxyl groups is 1. The molecule has 11 heteroatoms. The average molecular weight is 533 g/mol. The van der Waals surface area contributed by atoms with E-state index in [0.29, 0.717) is 17.8 Å². The van der Waals surface area contributed by atoms with Crippen LogP contribution in [-0.4, -0.2) is 63.1 Å². The van der Waals surface area contributed by atoms with E-state index in [1.807, 2.05) is 0 Å². The zero-order chi connectivity index (χ0) is 27.1. The number of aryl methyl sites for hydroxylation is 1. The number of carbonyl (C=O) groups is 1. The molecule has 4 rings (SSSR count). The van der Waals surface area contributed by atoms with Gasteiger partial charge >= 0.3 is 0 Å². The second kappa shape index (κ2) is 10.4. The zero-order valence-corrected chi connectivity index (χ0v) is 22.6. The molecule has 9 nitrogen and oxygen atoms in total. The van der Waals surface area contributed by atoms with Gasteiger partial charge in [-0.3, -0.25) is 9.20 Å². The van der Waals surface area contributed by atoms with Gasteiger partial charge < -0.3 is 25.8 Å². The highest BCUT2D eigenvalue weighted by Crippen LogP contribution is 2.42. The molecule has 1 atom stereocenters. The van der Waals surface area contributed by atoms with Crippen molar-refractivity contribution in [1.29, 1.82) is 0 Å². The summed E-state index contributed by atoms with van der Waals surface area (Å²) in [6.07, 6.45) is 4.57. The average Bonchev–Trinajstić information content (AvgIpc) is 3.19. The molecule has 0 spiro atoms. The Hall–Kier alpha value is -2.95. The quantitative estimate of drug-likeness (QED) is 0.426. The van der Waals surface area contributed by atoms with Gasteiger partial charge in [0.25, 0.3) is 5.91 Å². The van der Waals surface area contributed by atoms with Crippen LogP contribution in [0, 0.1) is 18.7 Å². The first-order valence-corrected chi connectivity index (χ1v) is 12.8. The lowest BCUT2D eigenvalue weighted by atomic mass is 9.91. The number of benzene rings is 1. The third-order valence-electron chi connectivity index (χ3n) is 6.86. The van der Waals surface area contributed by atoms with Crippen LogP contribution in [-0.2, 0) is 5.60 Å². The lowest BCUT2D eigenvalue weighted by Gasteiger charge is -2.30. The van der Waals surface area contributed by atoms with Crippen LogP contribution in [0.1, 0.15) is 61.1 Å². The predicted molar refractivity (Wildman–Crippen MR) is 141 cm³/mol. The number of likely N-dealkylation sites (tertiary alicyclic amines) is 1. The molecule has 1 aliphatic rings. The molecule has 1 saturated heterocycles. The van der Waals surface area contributed by atoms with E-state index in [-0.39, 0.29) is 39.5 Å². The lowest BCUT2D eigenvalue weighted by Crippen LogP contribution is -2.37. The van der Waals surface area contributed by atoms with E-state index in [0.717, 1.165) is 25.9 Å². The maximum atomic E-state index is 15.5. The lowest BCUT2D eigenvalue weighted by molar-refractivity contribution is 0.0839. The number of piperidine rings is 1. The SMILES string of the molecule is Cc1nc([C@@](C)(O)c2cc(Cl)c(F)c(C(=O)NCC3CCN(C)CC3)c2OC(C)C)n2ccnc(N)c12. The van der Waals surface area contributed by atoms with E-state index in [1.165, 1.54) is 19.2 Å². The number of fused-ring (bicyclic) bond motifs is 1. The Balaban J connectivity index is 1.80. The number of imidazole rings is 1. The summed E-state index contributed by atoms with van der Waals surface area (Å²) in [7, 11) is 2.06. The van der Waals surface area contributed by atoms with Crippen molar-refractivity contribution in [3.8, 4) is 5.75 Å². The molecule has 0 radical (unpaired) electrons. The molecule has 37 heavy (non-hydrogen) atoms. The second-order valence-electron chi connectivity index (χ2n) is 10.2. The minimum atomic E-state index is -1.84. The highest BCUT2D eigenvalue weighted by Gasteiger charge is 2.39. The van der Waals surface area contributed by atoms with Crippen molar-refractivity contribution in [2.75, 3.05) is 32.4 Å². The van der Waals surface area contributed by atoms with Gasteiger partial charge in [0.2, 0.25) is 0 Å². The first kappa shape index (κ1) is 27.1. The Morgan fingerprint density at radius 2 is 2.08 bits per heavy atom. The van der Waals surface area contributed by atoms with E-state index in [2.05, 4.69) is 27.2 Å². The van der Waals surface area contributed by atoms with Crippen LogP contribution in [0.4, 0.5) is 10.2 Å². The van der Waals surface area contributed by atoms with Crippen LogP contribution in [0.25, 0.3) is 5.52 Å². The van der Waals surface area contributed by atoms with Crippen LogP contribution in [0.5, 0.6) is 5.75 Å². The Labute approximate surface area is 220 Å². The molecule has 1 aliphatic heterocycles. The maximum absolute atomic E-state index is 15.5. The van der Waals surface area contributed by atoms with Crippen molar-refractivity contribution in [3.63, 3.8) is 0 Å². The normalized spacial score (nSPS) is 16.8. The Morgan fingerprint density at radius 3 is 2.73 bits per heavy atom. The minimum Gasteiger partial charge on any atom is -0.490 e. The Morgan fingerprint density at radius 1 is 1.41 bits per heavy atom. The number of halogens is 2. The predicted octanol–water partition coefficient (Wildman–Crippen LogP) is 3.53. The van der Waals surface area contributed by atoms with Gasteiger partial charge in [0.1, 0.15) is 34.1 Å². The number of nitrogens with one attached hydrogen (secondary N) is 1. The largest absolute Gasteiger partial charge is 0.490 e. The van der Waals surface area contributed by atoms with Crippen molar-refractivity contribution < 1.29 is 19.0 Å². The number of nitrogens with zero attached hydrogens (tertiary/aromatic N) is 4. The molecule has 1 fully saturated rings. The van der Waals surface area contributed by atoms with Gasteiger partial charge in [-0.25, -0.2) is 14.4 Å². The standard InChI is InChI=1S/C26H34ClFN6O3/c1-14(2)37-22-17(26(4,36)25-32-15(3)21-23(29)30-8-11-34(21)25)12-18(27)20(28)19(22)24(35)31-13-16-6-9-33(5)10-7-16/h8,11-12,14,16,36H,6-7,9-10,13H2,1-5H3,(H2,29,30)(H,31,35)/t26-/m0/s1. The maximum Gasteiger partial charge on any atom is 0.258 e. The number of rotatable bonds is 7. The smallest absolute Gasteiger partial charge is 0.258 e. The van der Waals surface area contributed by atoms with Crippen molar-refractivity contribution in [2.24, 2.45) is 5.92 Å². The molecule has 4 N–H and O–H groups in total. The second-order valence-corrected chi connectivity index (χ2v) is 10.6. The molecule has 0 aliphatic carbocycles. The molecule has 3 aromatic rings. The summed E-state index contributed by atoms with van der Waals surface area (Å²) >= 11 is 6.29. The van der Waals surface area contributed by atoms with E-state index in [9.17, 15) is 9.90 Å².